The predicted molar refractivity (Wildman–Crippen MR) is 64.9 cm³/mol. The Labute approximate surface area is 94.5 Å². The second-order valence-electron chi connectivity index (χ2n) is 3.05. The molecule has 0 aliphatic rings. The summed E-state index contributed by atoms with van der Waals surface area (Å²) < 4.78 is 0. The van der Waals surface area contributed by atoms with Gasteiger partial charge in [-0.2, -0.15) is 0 Å². The maximum atomic E-state index is 11.0. The Bertz CT molecular complexity index is 459. The largest absolute Gasteiger partial charge is 0.478 e. The lowest BCUT2D eigenvalue weighted by molar-refractivity contribution is 0.0696. The highest BCUT2D eigenvalue weighted by Gasteiger charge is 2.11. The summed E-state index contributed by atoms with van der Waals surface area (Å²) in [6.45, 7) is 5.36. The van der Waals surface area contributed by atoms with Gasteiger partial charge in [0.1, 0.15) is 0 Å². The number of hydrogen-bond donors (Lipinski definition) is 1. The second kappa shape index (κ2) is 5.66. The van der Waals surface area contributed by atoms with Crippen LogP contribution in [-0.2, 0) is 0 Å². The van der Waals surface area contributed by atoms with Crippen molar-refractivity contribution in [2.24, 2.45) is 4.99 Å². The van der Waals surface area contributed by atoms with E-state index in [1.807, 2.05) is 6.92 Å². The molecule has 0 saturated heterocycles. The number of rotatable bonds is 4. The van der Waals surface area contributed by atoms with Crippen LogP contribution in [-0.4, -0.2) is 16.8 Å². The van der Waals surface area contributed by atoms with Gasteiger partial charge in [-0.05, 0) is 19.1 Å². The maximum absolute atomic E-state index is 11.0. The summed E-state index contributed by atoms with van der Waals surface area (Å²) in [5, 5.41) is 9.05. The monoisotopic (exact) mass is 215 g/mol. The van der Waals surface area contributed by atoms with Gasteiger partial charge in [-0.25, -0.2) is 4.79 Å². The lowest BCUT2D eigenvalue weighted by atomic mass is 10.0. The first-order valence-electron chi connectivity index (χ1n) is 4.84. The Hall–Kier alpha value is -2.16. The van der Waals surface area contributed by atoms with E-state index in [9.17, 15) is 4.79 Å². The smallest absolute Gasteiger partial charge is 0.336 e. The minimum atomic E-state index is -0.961. The van der Waals surface area contributed by atoms with Gasteiger partial charge in [0, 0.05) is 11.8 Å². The lowest BCUT2D eigenvalue weighted by Crippen LogP contribution is -2.07. The van der Waals surface area contributed by atoms with Gasteiger partial charge in [0.2, 0.25) is 0 Å². The van der Waals surface area contributed by atoms with E-state index in [1.165, 1.54) is 6.20 Å². The first kappa shape index (κ1) is 11.9. The summed E-state index contributed by atoms with van der Waals surface area (Å²) in [5.41, 5.74) is 1.42. The van der Waals surface area contributed by atoms with Crippen molar-refractivity contribution < 1.29 is 9.90 Å². The van der Waals surface area contributed by atoms with Crippen molar-refractivity contribution in [2.45, 2.75) is 6.92 Å². The number of carbonyl (C=O) groups is 1. The van der Waals surface area contributed by atoms with Gasteiger partial charge in [0.05, 0.1) is 11.3 Å². The Morgan fingerprint density at radius 1 is 1.38 bits per heavy atom. The van der Waals surface area contributed by atoms with E-state index in [-0.39, 0.29) is 5.56 Å². The van der Waals surface area contributed by atoms with Gasteiger partial charge in [-0.15, -0.1) is 0 Å². The number of allylic oxidation sites excluding steroid dienone is 2. The van der Waals surface area contributed by atoms with Gasteiger partial charge in [-0.1, -0.05) is 30.9 Å². The second-order valence-corrected chi connectivity index (χ2v) is 3.05. The molecule has 1 rings (SSSR count). The van der Waals surface area contributed by atoms with Gasteiger partial charge >= 0.3 is 5.97 Å². The van der Waals surface area contributed by atoms with Gasteiger partial charge in [0.15, 0.2) is 0 Å². The highest BCUT2D eigenvalue weighted by atomic mass is 16.4. The van der Waals surface area contributed by atoms with Crippen molar-refractivity contribution >= 4 is 11.7 Å². The third-order valence-electron chi connectivity index (χ3n) is 1.99. The first-order chi connectivity index (χ1) is 7.70. The normalized spacial score (nSPS) is 11.7. The molecule has 0 radical (unpaired) electrons. The number of aromatic carboxylic acids is 1. The molecule has 0 aliphatic carbocycles. The van der Waals surface area contributed by atoms with Crippen molar-refractivity contribution in [3.63, 3.8) is 0 Å². The van der Waals surface area contributed by atoms with Gasteiger partial charge < -0.3 is 5.11 Å². The van der Waals surface area contributed by atoms with Crippen LogP contribution < -0.4 is 0 Å². The van der Waals surface area contributed by atoms with Crippen molar-refractivity contribution in [3.8, 4) is 0 Å². The Balaban J connectivity index is 3.34. The highest BCUT2D eigenvalue weighted by molar-refractivity contribution is 6.14. The molecule has 0 aliphatic heterocycles. The topological polar surface area (TPSA) is 49.7 Å². The highest BCUT2D eigenvalue weighted by Crippen LogP contribution is 2.11. The van der Waals surface area contributed by atoms with E-state index in [2.05, 4.69) is 11.6 Å². The third-order valence-corrected chi connectivity index (χ3v) is 1.99. The minimum absolute atomic E-state index is 0.237. The number of carboxylic acid groups (broad SMARTS) is 1. The molecule has 1 N–H and O–H groups in total. The number of aliphatic imine (C=N–C) groups is 1. The SMILES string of the molecule is C=CN=C(/C=C\C)c1ccccc1C(=O)O. The average molecular weight is 215 g/mol. The van der Waals surface area contributed by atoms with E-state index in [0.29, 0.717) is 11.3 Å². The molecule has 3 heteroatoms. The molecule has 0 amide bonds. The molecule has 0 aromatic heterocycles. The summed E-state index contributed by atoms with van der Waals surface area (Å²) in [4.78, 5) is 15.1. The van der Waals surface area contributed by atoms with Crippen molar-refractivity contribution in [3.05, 3.63) is 60.3 Å². The predicted octanol–water partition coefficient (Wildman–Crippen LogP) is 2.89. The van der Waals surface area contributed by atoms with Crippen LogP contribution in [0, 0.1) is 0 Å². The standard InChI is InChI=1S/C13H13NO2/c1-3-7-12(14-4-2)10-8-5-6-9-11(10)13(15)16/h3-9H,2H2,1H3,(H,15,16)/b7-3-,14-12?. The molecule has 0 spiro atoms. The van der Waals surface area contributed by atoms with Crippen molar-refractivity contribution in [1.29, 1.82) is 0 Å². The molecule has 0 heterocycles. The Morgan fingerprint density at radius 2 is 2.00 bits per heavy atom. The van der Waals surface area contributed by atoms with E-state index < -0.39 is 5.97 Å². The van der Waals surface area contributed by atoms with Crippen LogP contribution in [0.25, 0.3) is 0 Å². The quantitative estimate of drug-likeness (QED) is 0.785. The summed E-state index contributed by atoms with van der Waals surface area (Å²) in [6, 6.07) is 6.75. The van der Waals surface area contributed by atoms with Crippen LogP contribution in [0.4, 0.5) is 0 Å². The van der Waals surface area contributed by atoms with E-state index >= 15 is 0 Å². The van der Waals surface area contributed by atoms with Crippen LogP contribution in [0.15, 0.2) is 54.2 Å². The third kappa shape index (κ3) is 2.67. The molecular formula is C13H13NO2. The summed E-state index contributed by atoms with van der Waals surface area (Å²) in [5.74, 6) is -0.961. The zero-order chi connectivity index (χ0) is 12.0. The zero-order valence-electron chi connectivity index (χ0n) is 9.05. The number of benzene rings is 1. The van der Waals surface area contributed by atoms with E-state index in [0.717, 1.165) is 0 Å². The summed E-state index contributed by atoms with van der Waals surface area (Å²) >= 11 is 0. The Morgan fingerprint density at radius 3 is 2.50 bits per heavy atom. The molecule has 3 nitrogen and oxygen atoms in total. The molecule has 0 atom stereocenters. The summed E-state index contributed by atoms with van der Waals surface area (Å²) in [7, 11) is 0. The first-order valence-corrected chi connectivity index (χ1v) is 4.84. The molecule has 1 aromatic carbocycles. The molecule has 1 aromatic rings. The van der Waals surface area contributed by atoms with E-state index in [4.69, 9.17) is 5.11 Å². The van der Waals surface area contributed by atoms with Gasteiger partial charge in [-0.3, -0.25) is 4.99 Å². The molecular weight excluding hydrogens is 202 g/mol. The van der Waals surface area contributed by atoms with Crippen molar-refractivity contribution in [1.82, 2.24) is 0 Å². The lowest BCUT2D eigenvalue weighted by Gasteiger charge is -2.04. The molecule has 0 bridgehead atoms. The van der Waals surface area contributed by atoms with Crippen LogP contribution in [0.2, 0.25) is 0 Å². The van der Waals surface area contributed by atoms with Crippen LogP contribution in [0.5, 0.6) is 0 Å². The fourth-order valence-electron chi connectivity index (χ4n) is 1.35. The van der Waals surface area contributed by atoms with Crippen LogP contribution >= 0.6 is 0 Å². The molecule has 0 saturated carbocycles. The zero-order valence-corrected chi connectivity index (χ0v) is 9.05. The summed E-state index contributed by atoms with van der Waals surface area (Å²) in [6.07, 6.45) is 4.96. The Kier molecular flexibility index (Phi) is 4.21. The fraction of sp³-hybridized carbons (Fsp3) is 0.0769. The molecule has 0 fully saturated rings. The fourth-order valence-corrected chi connectivity index (χ4v) is 1.35. The van der Waals surface area contributed by atoms with Crippen molar-refractivity contribution in [2.75, 3.05) is 0 Å². The van der Waals surface area contributed by atoms with Crippen LogP contribution in [0.1, 0.15) is 22.8 Å². The molecule has 16 heavy (non-hydrogen) atoms. The molecule has 0 unspecified atom stereocenters. The number of carboxylic acids is 1. The van der Waals surface area contributed by atoms with Gasteiger partial charge in [0.25, 0.3) is 0 Å². The average Bonchev–Trinajstić information content (AvgIpc) is 2.29. The van der Waals surface area contributed by atoms with Crippen LogP contribution in [0.3, 0.4) is 0 Å². The number of hydrogen-bond acceptors (Lipinski definition) is 2. The maximum Gasteiger partial charge on any atom is 0.336 e. The number of nitrogens with zero attached hydrogens (tertiary/aromatic N) is 1. The molecule has 82 valence electrons. The minimum Gasteiger partial charge on any atom is -0.478 e. The van der Waals surface area contributed by atoms with E-state index in [1.54, 1.807) is 36.4 Å².